The lowest BCUT2D eigenvalue weighted by Gasteiger charge is -2.25. The average Bonchev–Trinajstić information content (AvgIpc) is 2.35. The van der Waals surface area contributed by atoms with E-state index in [9.17, 15) is 12.8 Å². The van der Waals surface area contributed by atoms with Crippen molar-refractivity contribution < 1.29 is 21.6 Å². The molecule has 2 aliphatic heterocycles. The third-order valence-corrected chi connectivity index (χ3v) is 2.92. The lowest BCUT2D eigenvalue weighted by molar-refractivity contribution is -0.0453. The van der Waals surface area contributed by atoms with Gasteiger partial charge in [-0.05, 0) is 12.8 Å². The highest BCUT2D eigenvalue weighted by molar-refractivity contribution is 7.80. The molecule has 86 valence electrons. The fourth-order valence-corrected chi connectivity index (χ4v) is 2.33. The van der Waals surface area contributed by atoms with Gasteiger partial charge < -0.3 is 4.90 Å². The Morgan fingerprint density at radius 3 is 2.73 bits per heavy atom. The van der Waals surface area contributed by atoms with Crippen LogP contribution in [-0.2, 0) is 14.7 Å². The summed E-state index contributed by atoms with van der Waals surface area (Å²) < 4.78 is 47.2. The van der Waals surface area contributed by atoms with Gasteiger partial charge in [-0.15, -0.1) is 4.28 Å². The van der Waals surface area contributed by atoms with Gasteiger partial charge in [0.1, 0.15) is 5.82 Å². The van der Waals surface area contributed by atoms with Crippen LogP contribution in [0, 0.1) is 0 Å². The monoisotopic (exact) mass is 238 g/mol. The fourth-order valence-electron chi connectivity index (χ4n) is 1.92. The Morgan fingerprint density at radius 2 is 2.20 bits per heavy atom. The normalized spacial score (nSPS) is 31.2. The van der Waals surface area contributed by atoms with Gasteiger partial charge in [-0.1, -0.05) is 6.58 Å². The Morgan fingerprint density at radius 1 is 1.53 bits per heavy atom. The van der Waals surface area contributed by atoms with E-state index in [1.807, 2.05) is 0 Å². The van der Waals surface area contributed by atoms with E-state index in [0.29, 0.717) is 19.4 Å². The summed E-state index contributed by atoms with van der Waals surface area (Å²) in [6.45, 7) is 3.85. The molecular formula is C7H11FN2O4S. The smallest absolute Gasteiger partial charge is 0.325 e. The number of piperidine rings is 1. The number of hydrogen-bond donors (Lipinski definition) is 1. The zero-order chi connectivity index (χ0) is 11.2. The largest absolute Gasteiger partial charge is 0.418 e. The number of nitrogens with zero attached hydrogens (tertiary/aromatic N) is 2. The van der Waals surface area contributed by atoms with Gasteiger partial charge in [0.05, 0.1) is 6.04 Å². The van der Waals surface area contributed by atoms with E-state index >= 15 is 0 Å². The zero-order valence-corrected chi connectivity index (χ0v) is 8.65. The molecule has 2 aliphatic rings. The Balaban J connectivity index is 2.18. The van der Waals surface area contributed by atoms with E-state index in [-0.39, 0.29) is 11.9 Å². The molecule has 1 N–H and O–H groups in total. The van der Waals surface area contributed by atoms with E-state index in [1.54, 1.807) is 0 Å². The van der Waals surface area contributed by atoms with Crippen molar-refractivity contribution in [2.24, 2.45) is 0 Å². The second kappa shape index (κ2) is 3.32. The molecule has 0 amide bonds. The van der Waals surface area contributed by atoms with Crippen LogP contribution >= 0.6 is 0 Å². The van der Waals surface area contributed by atoms with Gasteiger partial charge in [-0.3, -0.25) is 4.55 Å². The number of rotatable bonds is 2. The molecule has 2 heterocycles. The number of fused-ring (bicyclic) bond motifs is 2. The van der Waals surface area contributed by atoms with Crippen molar-refractivity contribution >= 4 is 10.4 Å². The van der Waals surface area contributed by atoms with Gasteiger partial charge in [0.2, 0.25) is 0 Å². The SMILES string of the molecule is C=C1N2CC(CCC2F)N1OS(=O)(=O)O. The third kappa shape index (κ3) is 1.92. The Hall–Kier alpha value is -0.860. The highest BCUT2D eigenvalue weighted by Crippen LogP contribution is 2.35. The highest BCUT2D eigenvalue weighted by Gasteiger charge is 2.43. The molecule has 2 atom stereocenters. The number of hydroxylamine groups is 2. The van der Waals surface area contributed by atoms with E-state index < -0.39 is 16.7 Å². The molecule has 0 saturated carbocycles. The van der Waals surface area contributed by atoms with Crippen molar-refractivity contribution in [1.82, 2.24) is 9.96 Å². The molecule has 2 rings (SSSR count). The summed E-state index contributed by atoms with van der Waals surface area (Å²) in [5.74, 6) is 0.127. The van der Waals surface area contributed by atoms with Crippen LogP contribution in [0.1, 0.15) is 12.8 Å². The number of alkyl halides is 1. The lowest BCUT2D eigenvalue weighted by atomic mass is 10.1. The highest BCUT2D eigenvalue weighted by atomic mass is 32.3. The minimum absolute atomic E-state index is 0.127. The maximum absolute atomic E-state index is 13.3. The summed E-state index contributed by atoms with van der Waals surface area (Å²) in [6.07, 6.45) is -0.398. The molecule has 15 heavy (non-hydrogen) atoms. The molecule has 0 aromatic heterocycles. The summed E-state index contributed by atoms with van der Waals surface area (Å²) in [6, 6.07) is -0.272. The molecule has 2 unspecified atom stereocenters. The molecule has 2 fully saturated rings. The van der Waals surface area contributed by atoms with Crippen molar-refractivity contribution in [3.63, 3.8) is 0 Å². The van der Waals surface area contributed by atoms with Crippen molar-refractivity contribution in [2.45, 2.75) is 25.2 Å². The Bertz CT molecular complexity index is 384. The van der Waals surface area contributed by atoms with Gasteiger partial charge in [0, 0.05) is 6.54 Å². The summed E-state index contributed by atoms with van der Waals surface area (Å²) >= 11 is 0. The standard InChI is InChI=1S/C7H11FN2O4S/c1-5-9-4-6(2-3-7(9)8)10(5)14-15(11,12)13/h6-7H,1-4H2,(H,11,12,13). The summed E-state index contributed by atoms with van der Waals surface area (Å²) in [5.41, 5.74) is 0. The predicted octanol–water partition coefficient (Wildman–Crippen LogP) is 0.268. The van der Waals surface area contributed by atoms with Crippen LogP contribution in [0.4, 0.5) is 4.39 Å². The average molecular weight is 238 g/mol. The van der Waals surface area contributed by atoms with Crippen LogP contribution in [0.2, 0.25) is 0 Å². The second-order valence-electron chi connectivity index (χ2n) is 3.56. The third-order valence-electron chi connectivity index (χ3n) is 2.58. The van der Waals surface area contributed by atoms with Crippen LogP contribution in [0.5, 0.6) is 0 Å². The minimum Gasteiger partial charge on any atom is -0.325 e. The van der Waals surface area contributed by atoms with E-state index in [1.165, 1.54) is 4.90 Å². The topological polar surface area (TPSA) is 70.1 Å². The van der Waals surface area contributed by atoms with Crippen LogP contribution in [0.15, 0.2) is 12.4 Å². The Kier molecular flexibility index (Phi) is 2.36. The zero-order valence-electron chi connectivity index (χ0n) is 7.84. The first-order chi connectivity index (χ1) is 6.88. The molecule has 0 aromatic carbocycles. The van der Waals surface area contributed by atoms with E-state index in [0.717, 1.165) is 5.06 Å². The molecule has 0 radical (unpaired) electrons. The summed E-state index contributed by atoms with van der Waals surface area (Å²) in [7, 11) is -4.58. The molecule has 2 saturated heterocycles. The minimum atomic E-state index is -4.58. The maximum Gasteiger partial charge on any atom is 0.418 e. The molecule has 0 aromatic rings. The van der Waals surface area contributed by atoms with E-state index in [4.69, 9.17) is 4.55 Å². The fraction of sp³-hybridized carbons (Fsp3) is 0.714. The van der Waals surface area contributed by atoms with Crippen molar-refractivity contribution in [2.75, 3.05) is 6.54 Å². The quantitative estimate of drug-likeness (QED) is 0.550. The molecular weight excluding hydrogens is 227 g/mol. The molecule has 6 nitrogen and oxygen atoms in total. The van der Waals surface area contributed by atoms with Gasteiger partial charge >= 0.3 is 10.4 Å². The summed E-state index contributed by atoms with van der Waals surface area (Å²) in [5, 5.41) is 0.953. The first-order valence-corrected chi connectivity index (χ1v) is 5.81. The van der Waals surface area contributed by atoms with Crippen molar-refractivity contribution in [3.05, 3.63) is 12.4 Å². The van der Waals surface area contributed by atoms with Gasteiger partial charge in [0.15, 0.2) is 6.30 Å². The van der Waals surface area contributed by atoms with Crippen molar-refractivity contribution in [3.8, 4) is 0 Å². The van der Waals surface area contributed by atoms with Gasteiger partial charge in [0.25, 0.3) is 0 Å². The van der Waals surface area contributed by atoms with Crippen LogP contribution < -0.4 is 0 Å². The van der Waals surface area contributed by atoms with Gasteiger partial charge in [-0.2, -0.15) is 8.42 Å². The maximum atomic E-state index is 13.3. The van der Waals surface area contributed by atoms with Crippen molar-refractivity contribution in [1.29, 1.82) is 0 Å². The second-order valence-corrected chi connectivity index (χ2v) is 4.57. The van der Waals surface area contributed by atoms with Gasteiger partial charge in [-0.25, -0.2) is 9.45 Å². The molecule has 0 aliphatic carbocycles. The Labute approximate surface area is 86.8 Å². The number of hydrogen-bond acceptors (Lipinski definition) is 5. The molecule has 2 bridgehead atoms. The molecule has 0 spiro atoms. The van der Waals surface area contributed by atoms with Crippen LogP contribution in [-0.4, -0.2) is 41.8 Å². The first kappa shape index (κ1) is 10.7. The van der Waals surface area contributed by atoms with E-state index in [2.05, 4.69) is 10.9 Å². The summed E-state index contributed by atoms with van der Waals surface area (Å²) in [4.78, 5) is 1.32. The number of halogens is 1. The predicted molar refractivity (Wildman–Crippen MR) is 48.2 cm³/mol. The lowest BCUT2D eigenvalue weighted by Crippen LogP contribution is -2.35. The van der Waals surface area contributed by atoms with Crippen LogP contribution in [0.3, 0.4) is 0 Å². The van der Waals surface area contributed by atoms with Crippen LogP contribution in [0.25, 0.3) is 0 Å². The molecule has 8 heteroatoms. The first-order valence-electron chi connectivity index (χ1n) is 4.44.